The first-order chi connectivity index (χ1) is 10.1. The summed E-state index contributed by atoms with van der Waals surface area (Å²) >= 11 is 0. The van der Waals surface area contributed by atoms with Crippen LogP contribution < -0.4 is 5.32 Å². The zero-order valence-electron chi connectivity index (χ0n) is 10.8. The zero-order chi connectivity index (χ0) is 16.5. The van der Waals surface area contributed by atoms with Gasteiger partial charge in [0.1, 0.15) is 15.5 Å². The van der Waals surface area contributed by atoms with Gasteiger partial charge in [-0.15, -0.1) is 0 Å². The topological polar surface area (TPSA) is 141 Å². The van der Waals surface area contributed by atoms with Gasteiger partial charge >= 0.3 is 0 Å². The van der Waals surface area contributed by atoms with Gasteiger partial charge in [0.05, 0.1) is 5.69 Å². The lowest BCUT2D eigenvalue weighted by Crippen LogP contribution is -2.04. The van der Waals surface area contributed by atoms with E-state index >= 15 is 0 Å². The molecule has 0 heterocycles. The molecule has 0 aliphatic carbocycles. The smallest absolute Gasteiger partial charge is 0.296 e. The number of phenolic OH excluding ortho intramolecular Hbond substituents is 1. The largest absolute Gasteiger partial charge is 0.508 e. The molecule has 0 aliphatic rings. The van der Waals surface area contributed by atoms with E-state index in [4.69, 9.17) is 9.11 Å². The Balaban J connectivity index is 2.49. The number of nitrogens with one attached hydrogen (secondary N) is 1. The molecule has 4 N–H and O–H groups in total. The second-order valence-corrected chi connectivity index (χ2v) is 6.98. The van der Waals surface area contributed by atoms with Crippen molar-refractivity contribution in [1.29, 1.82) is 0 Å². The standard InChI is InChI=1S/C12H10NO7S2/c14-9-4-5-11(12(7-9)22(18,19)20)13-8-2-1-3-10(6-8)21(15,16)17/h1-2,4-7,13-14H,(H,15,16,17)(H,18,19,20). The van der Waals surface area contributed by atoms with Gasteiger partial charge in [0.2, 0.25) is 0 Å². The SMILES string of the molecule is O=S(=O)(O)c1[c]ccc(Nc2ccc(O)cc2S(=O)(=O)O)c1. The molecule has 0 saturated heterocycles. The average Bonchev–Trinajstić information content (AvgIpc) is 2.39. The molecule has 22 heavy (non-hydrogen) atoms. The summed E-state index contributed by atoms with van der Waals surface area (Å²) in [7, 11) is -9.08. The summed E-state index contributed by atoms with van der Waals surface area (Å²) in [5.41, 5.74) is 0.0368. The number of aromatic hydroxyl groups is 1. The third kappa shape index (κ3) is 3.74. The van der Waals surface area contributed by atoms with Crippen LogP contribution in [0.1, 0.15) is 0 Å². The van der Waals surface area contributed by atoms with Crippen LogP contribution in [0.2, 0.25) is 0 Å². The molecule has 10 heteroatoms. The molecule has 2 aromatic carbocycles. The van der Waals surface area contributed by atoms with Gasteiger partial charge in [-0.1, -0.05) is 6.07 Å². The second kappa shape index (κ2) is 5.57. The Hall–Kier alpha value is -2.14. The van der Waals surface area contributed by atoms with E-state index in [1.807, 2.05) is 0 Å². The fourth-order valence-corrected chi connectivity index (χ4v) is 2.81. The molecule has 117 valence electrons. The maximum absolute atomic E-state index is 11.3. The zero-order valence-corrected chi connectivity index (χ0v) is 12.4. The summed E-state index contributed by atoms with van der Waals surface area (Å²) in [6.07, 6.45) is 0. The van der Waals surface area contributed by atoms with Crippen LogP contribution in [0.25, 0.3) is 0 Å². The number of benzene rings is 2. The van der Waals surface area contributed by atoms with E-state index in [1.165, 1.54) is 24.3 Å². The van der Waals surface area contributed by atoms with Crippen LogP contribution in [-0.2, 0) is 20.2 Å². The van der Waals surface area contributed by atoms with Gasteiger partial charge in [-0.3, -0.25) is 9.11 Å². The van der Waals surface area contributed by atoms with Crippen molar-refractivity contribution in [2.75, 3.05) is 5.32 Å². The highest BCUT2D eigenvalue weighted by Crippen LogP contribution is 2.29. The van der Waals surface area contributed by atoms with Crippen LogP contribution in [-0.4, -0.2) is 31.0 Å². The molecule has 0 atom stereocenters. The Labute approximate surface area is 126 Å². The molecule has 0 bridgehead atoms. The molecule has 0 unspecified atom stereocenters. The third-order valence-electron chi connectivity index (χ3n) is 2.58. The number of anilines is 2. The molecule has 0 aromatic heterocycles. The maximum atomic E-state index is 11.3. The van der Waals surface area contributed by atoms with Crippen molar-refractivity contribution in [2.45, 2.75) is 9.79 Å². The summed E-state index contributed by atoms with van der Waals surface area (Å²) in [5, 5.41) is 11.9. The van der Waals surface area contributed by atoms with Crippen LogP contribution in [0.4, 0.5) is 11.4 Å². The monoisotopic (exact) mass is 344 g/mol. The number of phenols is 1. The molecule has 2 rings (SSSR count). The highest BCUT2D eigenvalue weighted by atomic mass is 32.2. The highest BCUT2D eigenvalue weighted by molar-refractivity contribution is 7.86. The lowest BCUT2D eigenvalue weighted by Gasteiger charge is -2.11. The first kappa shape index (κ1) is 16.2. The van der Waals surface area contributed by atoms with E-state index < -0.39 is 30.0 Å². The molecule has 0 saturated carbocycles. The molecule has 0 spiro atoms. The van der Waals surface area contributed by atoms with E-state index in [1.54, 1.807) is 0 Å². The first-order valence-corrected chi connectivity index (χ1v) is 8.52. The van der Waals surface area contributed by atoms with E-state index in [-0.39, 0.29) is 17.1 Å². The van der Waals surface area contributed by atoms with Gasteiger partial charge in [-0.25, -0.2) is 0 Å². The van der Waals surface area contributed by atoms with Gasteiger partial charge in [0, 0.05) is 17.8 Å². The Kier molecular flexibility index (Phi) is 4.11. The quantitative estimate of drug-likeness (QED) is 0.482. The second-order valence-electron chi connectivity index (χ2n) is 4.20. The van der Waals surface area contributed by atoms with Crippen LogP contribution >= 0.6 is 0 Å². The van der Waals surface area contributed by atoms with Crippen LogP contribution in [0, 0.1) is 6.07 Å². The van der Waals surface area contributed by atoms with Crippen LogP contribution in [0.15, 0.2) is 46.2 Å². The number of hydrogen-bond donors (Lipinski definition) is 4. The first-order valence-electron chi connectivity index (χ1n) is 5.64. The maximum Gasteiger partial charge on any atom is 0.296 e. The molecule has 0 fully saturated rings. The predicted octanol–water partition coefficient (Wildman–Crippen LogP) is 1.43. The summed E-state index contributed by atoms with van der Waals surface area (Å²) in [6.45, 7) is 0. The van der Waals surface area contributed by atoms with Gasteiger partial charge in [0.25, 0.3) is 20.2 Å². The van der Waals surface area contributed by atoms with Gasteiger partial charge in [-0.05, 0) is 24.3 Å². The Morgan fingerprint density at radius 3 is 2.23 bits per heavy atom. The highest BCUT2D eigenvalue weighted by Gasteiger charge is 2.17. The summed E-state index contributed by atoms with van der Waals surface area (Å²) in [4.78, 5) is -1.10. The minimum Gasteiger partial charge on any atom is -0.508 e. The fourth-order valence-electron chi connectivity index (χ4n) is 1.65. The van der Waals surface area contributed by atoms with Crippen molar-refractivity contribution in [3.05, 3.63) is 42.5 Å². The van der Waals surface area contributed by atoms with E-state index in [9.17, 15) is 21.9 Å². The van der Waals surface area contributed by atoms with Gasteiger partial charge < -0.3 is 10.4 Å². The van der Waals surface area contributed by atoms with E-state index in [0.29, 0.717) is 0 Å². The van der Waals surface area contributed by atoms with Crippen molar-refractivity contribution in [1.82, 2.24) is 0 Å². The van der Waals surface area contributed by atoms with Crippen molar-refractivity contribution >= 4 is 31.6 Å². The average molecular weight is 344 g/mol. The molecule has 1 radical (unpaired) electrons. The van der Waals surface area contributed by atoms with Crippen LogP contribution in [0.5, 0.6) is 5.75 Å². The van der Waals surface area contributed by atoms with Crippen molar-refractivity contribution in [2.24, 2.45) is 0 Å². The summed E-state index contributed by atoms with van der Waals surface area (Å²) in [5.74, 6) is -0.377. The van der Waals surface area contributed by atoms with Crippen molar-refractivity contribution in [3.63, 3.8) is 0 Å². The van der Waals surface area contributed by atoms with Crippen molar-refractivity contribution in [3.8, 4) is 5.75 Å². The molecule has 2 aromatic rings. The molecule has 0 amide bonds. The van der Waals surface area contributed by atoms with Gasteiger partial charge in [-0.2, -0.15) is 16.8 Å². The molecular weight excluding hydrogens is 334 g/mol. The van der Waals surface area contributed by atoms with Gasteiger partial charge in [0.15, 0.2) is 0 Å². The third-order valence-corrected chi connectivity index (χ3v) is 4.26. The number of hydrogen-bond acceptors (Lipinski definition) is 6. The minimum atomic E-state index is -4.61. The normalized spacial score (nSPS) is 12.1. The molecular formula is C12H10NO7S2. The van der Waals surface area contributed by atoms with Crippen LogP contribution in [0.3, 0.4) is 0 Å². The Bertz CT molecular complexity index is 920. The lowest BCUT2D eigenvalue weighted by molar-refractivity contribution is 0.466. The van der Waals surface area contributed by atoms with E-state index in [0.717, 1.165) is 12.1 Å². The summed E-state index contributed by atoms with van der Waals surface area (Å²) < 4.78 is 62.7. The summed E-state index contributed by atoms with van der Waals surface area (Å²) in [6, 6.07) is 9.09. The minimum absolute atomic E-state index is 0.0900. The Morgan fingerprint density at radius 2 is 1.64 bits per heavy atom. The molecule has 8 nitrogen and oxygen atoms in total. The van der Waals surface area contributed by atoms with E-state index in [2.05, 4.69) is 11.4 Å². The van der Waals surface area contributed by atoms with Crippen molar-refractivity contribution < 1.29 is 31.0 Å². The lowest BCUT2D eigenvalue weighted by atomic mass is 10.2. The number of rotatable bonds is 4. The fraction of sp³-hybridized carbons (Fsp3) is 0. The molecule has 0 aliphatic heterocycles. The Morgan fingerprint density at radius 1 is 0.955 bits per heavy atom. The predicted molar refractivity (Wildman–Crippen MR) is 76.3 cm³/mol.